The molecule has 0 heterocycles. The Balaban J connectivity index is 2.17. The second-order valence-electron chi connectivity index (χ2n) is 9.23. The first-order valence-electron chi connectivity index (χ1n) is 9.85. The molecule has 166 valence electrons. The van der Waals surface area contributed by atoms with Crippen molar-refractivity contribution < 1.29 is 23.2 Å². The van der Waals surface area contributed by atoms with Crippen LogP contribution in [-0.2, 0) is 14.4 Å². The maximum absolute atomic E-state index is 14.7. The predicted octanol–water partition coefficient (Wildman–Crippen LogP) is 5.62. The van der Waals surface area contributed by atoms with Crippen LogP contribution in [0.3, 0.4) is 0 Å². The number of Topliss-reactive ketones (excluding diaryl/α,β-unsaturated/α-hetero) is 2. The van der Waals surface area contributed by atoms with Gasteiger partial charge in [0.15, 0.2) is 5.78 Å². The van der Waals surface area contributed by atoms with E-state index in [0.29, 0.717) is 0 Å². The molecule has 0 saturated heterocycles. The van der Waals surface area contributed by atoms with Gasteiger partial charge in [-0.3, -0.25) is 14.4 Å². The number of halogens is 4. The van der Waals surface area contributed by atoms with Crippen LogP contribution in [0.1, 0.15) is 71.8 Å². The highest BCUT2D eigenvalue weighted by Gasteiger charge is 2.51. The maximum Gasteiger partial charge on any atom is 0.217 e. The normalized spacial score (nSPS) is 22.2. The molecule has 1 aromatic carbocycles. The second kappa shape index (κ2) is 8.91. The Hall–Kier alpha value is -1.53. The minimum absolute atomic E-state index is 0.0870. The molecule has 1 saturated carbocycles. The molecule has 0 bridgehead atoms. The number of hydrogen-bond donors (Lipinski definition) is 1. The van der Waals surface area contributed by atoms with E-state index in [1.807, 2.05) is 20.8 Å². The molecule has 1 amide bonds. The quantitative estimate of drug-likeness (QED) is 0.535. The standard InChI is InChI=1S/C22H27Cl2F2NO3/c1-11(28)22(27-12(2)29)9-13(10-22)17(30)7-6-14(21(3,4)5)18-19(25)15(23)8-16(24)20(18)26/h8,13-14H,6-7,9-10H2,1-5H3,(H,27,29)/t13?,14-,22?/m0/s1. The maximum atomic E-state index is 14.7. The van der Waals surface area contributed by atoms with Crippen LogP contribution in [0, 0.1) is 23.0 Å². The van der Waals surface area contributed by atoms with E-state index in [-0.39, 0.29) is 64.7 Å². The Morgan fingerprint density at radius 1 is 1.13 bits per heavy atom. The van der Waals surface area contributed by atoms with Crippen molar-refractivity contribution in [3.05, 3.63) is 33.3 Å². The van der Waals surface area contributed by atoms with Crippen LogP contribution in [0.4, 0.5) is 8.78 Å². The van der Waals surface area contributed by atoms with Crippen LogP contribution >= 0.6 is 23.2 Å². The third kappa shape index (κ3) is 5.02. The molecule has 1 aliphatic carbocycles. The first kappa shape index (κ1) is 24.7. The average molecular weight is 462 g/mol. The summed E-state index contributed by atoms with van der Waals surface area (Å²) in [5, 5.41) is 2.12. The van der Waals surface area contributed by atoms with Crippen LogP contribution in [0.15, 0.2) is 6.07 Å². The number of rotatable bonds is 7. The lowest BCUT2D eigenvalue weighted by molar-refractivity contribution is -0.141. The van der Waals surface area contributed by atoms with Crippen LogP contribution in [0.2, 0.25) is 10.0 Å². The highest BCUT2D eigenvalue weighted by Crippen LogP contribution is 2.45. The highest BCUT2D eigenvalue weighted by molar-refractivity contribution is 6.34. The van der Waals surface area contributed by atoms with E-state index < -0.39 is 28.5 Å². The molecule has 1 fully saturated rings. The summed E-state index contributed by atoms with van der Waals surface area (Å²) in [4.78, 5) is 36.1. The summed E-state index contributed by atoms with van der Waals surface area (Å²) in [6.07, 6.45) is 0.777. The fraction of sp³-hybridized carbons (Fsp3) is 0.591. The van der Waals surface area contributed by atoms with E-state index in [0.717, 1.165) is 6.07 Å². The lowest BCUT2D eigenvalue weighted by Gasteiger charge is -2.45. The summed E-state index contributed by atoms with van der Waals surface area (Å²) < 4.78 is 29.4. The zero-order chi connectivity index (χ0) is 23.0. The van der Waals surface area contributed by atoms with Crippen molar-refractivity contribution in [1.82, 2.24) is 5.32 Å². The molecule has 1 N–H and O–H groups in total. The SMILES string of the molecule is CC(=O)NC1(C(C)=O)CC(C(=O)CC[C@@H](c2c(F)c(Cl)cc(Cl)c2F)C(C)(C)C)C1. The number of amides is 1. The van der Waals surface area contributed by atoms with Gasteiger partial charge in [0, 0.05) is 24.8 Å². The van der Waals surface area contributed by atoms with Gasteiger partial charge in [-0.2, -0.15) is 0 Å². The molecule has 1 aliphatic rings. The Labute approximate surface area is 185 Å². The molecule has 0 aromatic heterocycles. The molecule has 0 unspecified atom stereocenters. The van der Waals surface area contributed by atoms with Crippen LogP contribution < -0.4 is 5.32 Å². The Bertz CT molecular complexity index is 848. The fourth-order valence-electron chi connectivity index (χ4n) is 4.22. The van der Waals surface area contributed by atoms with E-state index >= 15 is 0 Å². The molecule has 8 heteroatoms. The average Bonchev–Trinajstić information content (AvgIpc) is 2.56. The molecule has 4 nitrogen and oxygen atoms in total. The minimum Gasteiger partial charge on any atom is -0.344 e. The van der Waals surface area contributed by atoms with Gasteiger partial charge in [0.2, 0.25) is 5.91 Å². The van der Waals surface area contributed by atoms with Gasteiger partial charge in [-0.05, 0) is 43.6 Å². The Morgan fingerprint density at radius 2 is 1.63 bits per heavy atom. The third-order valence-corrected chi connectivity index (χ3v) is 6.50. The molecular weight excluding hydrogens is 435 g/mol. The molecule has 0 radical (unpaired) electrons. The summed E-state index contributed by atoms with van der Waals surface area (Å²) in [6.45, 7) is 8.21. The first-order chi connectivity index (χ1) is 13.7. The third-order valence-electron chi connectivity index (χ3n) is 5.95. The molecule has 2 rings (SSSR count). The van der Waals surface area contributed by atoms with Gasteiger partial charge in [0.05, 0.1) is 15.6 Å². The van der Waals surface area contributed by atoms with E-state index in [4.69, 9.17) is 23.2 Å². The van der Waals surface area contributed by atoms with Gasteiger partial charge >= 0.3 is 0 Å². The highest BCUT2D eigenvalue weighted by atomic mass is 35.5. The first-order valence-corrected chi connectivity index (χ1v) is 10.6. The van der Waals surface area contributed by atoms with Gasteiger partial charge in [0.25, 0.3) is 0 Å². The fourth-order valence-corrected chi connectivity index (χ4v) is 4.70. The van der Waals surface area contributed by atoms with E-state index in [1.165, 1.54) is 13.8 Å². The lowest BCUT2D eigenvalue weighted by atomic mass is 9.63. The van der Waals surface area contributed by atoms with Crippen molar-refractivity contribution in [2.45, 2.75) is 71.8 Å². The number of nitrogens with one attached hydrogen (secondary N) is 1. The number of carbonyl (C=O) groups is 3. The van der Waals surface area contributed by atoms with Crippen molar-refractivity contribution in [3.8, 4) is 0 Å². The summed E-state index contributed by atoms with van der Waals surface area (Å²) in [5.41, 5.74) is -1.76. The van der Waals surface area contributed by atoms with Crippen molar-refractivity contribution in [2.24, 2.45) is 11.3 Å². The van der Waals surface area contributed by atoms with Gasteiger partial charge in [-0.15, -0.1) is 0 Å². The van der Waals surface area contributed by atoms with Crippen LogP contribution in [0.25, 0.3) is 0 Å². The van der Waals surface area contributed by atoms with Crippen molar-refractivity contribution in [2.75, 3.05) is 0 Å². The molecule has 0 aliphatic heterocycles. The number of hydrogen-bond acceptors (Lipinski definition) is 3. The van der Waals surface area contributed by atoms with Crippen molar-refractivity contribution in [1.29, 1.82) is 0 Å². The summed E-state index contributed by atoms with van der Waals surface area (Å²) in [7, 11) is 0. The predicted molar refractivity (Wildman–Crippen MR) is 113 cm³/mol. The smallest absolute Gasteiger partial charge is 0.217 e. The molecule has 0 spiro atoms. The number of carbonyl (C=O) groups excluding carboxylic acids is 3. The number of benzene rings is 1. The molecular formula is C22H27Cl2F2NO3. The monoisotopic (exact) mass is 461 g/mol. The minimum atomic E-state index is -0.992. The largest absolute Gasteiger partial charge is 0.344 e. The number of ketones is 2. The summed E-state index contributed by atoms with van der Waals surface area (Å²) >= 11 is 11.7. The van der Waals surface area contributed by atoms with Crippen molar-refractivity contribution >= 4 is 40.7 Å². The van der Waals surface area contributed by atoms with Gasteiger partial charge < -0.3 is 5.32 Å². The zero-order valence-corrected chi connectivity index (χ0v) is 19.3. The summed E-state index contributed by atoms with van der Waals surface area (Å²) in [5.74, 6) is -3.35. The second-order valence-corrected chi connectivity index (χ2v) is 10.0. The van der Waals surface area contributed by atoms with Crippen LogP contribution in [-0.4, -0.2) is 23.0 Å². The lowest BCUT2D eigenvalue weighted by Crippen LogP contribution is -2.62. The topological polar surface area (TPSA) is 63.2 Å². The molecule has 30 heavy (non-hydrogen) atoms. The molecule has 1 aromatic rings. The van der Waals surface area contributed by atoms with Crippen LogP contribution in [0.5, 0.6) is 0 Å². The summed E-state index contributed by atoms with van der Waals surface area (Å²) in [6, 6.07) is 1.03. The van der Waals surface area contributed by atoms with E-state index in [1.54, 1.807) is 0 Å². The van der Waals surface area contributed by atoms with Gasteiger partial charge in [-0.1, -0.05) is 44.0 Å². The Kier molecular flexibility index (Phi) is 7.35. The van der Waals surface area contributed by atoms with Crippen molar-refractivity contribution in [3.63, 3.8) is 0 Å². The van der Waals surface area contributed by atoms with E-state index in [2.05, 4.69) is 5.32 Å². The van der Waals surface area contributed by atoms with Gasteiger partial charge in [0.1, 0.15) is 17.4 Å². The van der Waals surface area contributed by atoms with E-state index in [9.17, 15) is 23.2 Å². The molecule has 1 atom stereocenters. The zero-order valence-electron chi connectivity index (χ0n) is 17.8. The Morgan fingerprint density at radius 3 is 2.03 bits per heavy atom. The van der Waals surface area contributed by atoms with Gasteiger partial charge in [-0.25, -0.2) is 8.78 Å².